The van der Waals surface area contributed by atoms with Gasteiger partial charge < -0.3 is 24.8 Å². The van der Waals surface area contributed by atoms with Crippen LogP contribution in [-0.2, 0) is 30.8 Å². The van der Waals surface area contributed by atoms with Gasteiger partial charge in [0.15, 0.2) is 0 Å². The molecule has 10 nitrogen and oxygen atoms in total. The highest BCUT2D eigenvalue weighted by atomic mass is 32.2. The molecule has 3 rings (SSSR count). The van der Waals surface area contributed by atoms with Gasteiger partial charge in [0.25, 0.3) is 0 Å². The van der Waals surface area contributed by atoms with Gasteiger partial charge in [0.2, 0.25) is 10.0 Å². The highest BCUT2D eigenvalue weighted by Crippen LogP contribution is 2.28. The number of sulfonamides is 1. The van der Waals surface area contributed by atoms with Crippen LogP contribution >= 0.6 is 0 Å². The maximum atomic E-state index is 12.7. The second kappa shape index (κ2) is 11.1. The van der Waals surface area contributed by atoms with Gasteiger partial charge in [-0.25, -0.2) is 8.42 Å². The summed E-state index contributed by atoms with van der Waals surface area (Å²) in [5.74, 6) is -0.703. The third-order valence-corrected chi connectivity index (χ3v) is 7.01. The predicted molar refractivity (Wildman–Crippen MR) is 121 cm³/mol. The molecule has 1 saturated heterocycles. The van der Waals surface area contributed by atoms with E-state index in [1.54, 1.807) is 42.5 Å². The van der Waals surface area contributed by atoms with E-state index in [4.69, 9.17) is 14.2 Å². The minimum Gasteiger partial charge on any atom is -0.497 e. The molecule has 1 aliphatic heterocycles. The van der Waals surface area contributed by atoms with Crippen molar-refractivity contribution < 1.29 is 32.2 Å². The van der Waals surface area contributed by atoms with E-state index >= 15 is 0 Å². The highest BCUT2D eigenvalue weighted by Gasteiger charge is 2.26. The normalized spacial score (nSPS) is 14.4. The van der Waals surface area contributed by atoms with Crippen LogP contribution in [0.2, 0.25) is 0 Å². The van der Waals surface area contributed by atoms with Crippen molar-refractivity contribution in [1.82, 2.24) is 9.62 Å². The first kappa shape index (κ1) is 24.5. The molecule has 1 heterocycles. The number of ether oxygens (including phenoxy) is 3. The number of morpholine rings is 1. The van der Waals surface area contributed by atoms with Crippen LogP contribution in [0.5, 0.6) is 11.5 Å². The van der Waals surface area contributed by atoms with Crippen LogP contribution in [0.4, 0.5) is 5.69 Å². The van der Waals surface area contributed by atoms with Gasteiger partial charge in [-0.3, -0.25) is 9.59 Å². The minimum absolute atomic E-state index is 0.210. The summed E-state index contributed by atoms with van der Waals surface area (Å²) >= 11 is 0. The summed E-state index contributed by atoms with van der Waals surface area (Å²) in [7, 11) is -0.594. The van der Waals surface area contributed by atoms with Gasteiger partial charge in [-0.1, -0.05) is 12.1 Å². The summed E-state index contributed by atoms with van der Waals surface area (Å²) in [6.45, 7) is 1.65. The summed E-state index contributed by atoms with van der Waals surface area (Å²) in [5, 5.41) is 5.06. The quantitative estimate of drug-likeness (QED) is 0.544. The standard InChI is InChI=1S/C22H27N3O7S/c1-30-17-5-8-19(20(15-17)31-2)24-22(27)21(26)23-10-9-16-3-6-18(7-4-16)33(28,29)25-11-13-32-14-12-25/h3-8,15H,9-14H2,1-2H3,(H,23,26)(H,24,27). The van der Waals surface area contributed by atoms with Crippen LogP contribution in [0, 0.1) is 0 Å². The van der Waals surface area contributed by atoms with E-state index < -0.39 is 21.8 Å². The van der Waals surface area contributed by atoms with Crippen LogP contribution in [-0.4, -0.2) is 71.6 Å². The Bertz CT molecular complexity index is 1080. The molecule has 11 heteroatoms. The van der Waals surface area contributed by atoms with Crippen LogP contribution in [0.15, 0.2) is 47.4 Å². The number of hydrogen-bond donors (Lipinski definition) is 2. The number of carbonyl (C=O) groups is 2. The molecule has 2 aromatic rings. The van der Waals surface area contributed by atoms with Crippen LogP contribution in [0.25, 0.3) is 0 Å². The van der Waals surface area contributed by atoms with Crippen LogP contribution in [0.3, 0.4) is 0 Å². The third kappa shape index (κ3) is 6.21. The zero-order valence-corrected chi connectivity index (χ0v) is 19.3. The first-order valence-electron chi connectivity index (χ1n) is 10.3. The average molecular weight is 478 g/mol. The molecule has 1 fully saturated rings. The van der Waals surface area contributed by atoms with Crippen molar-refractivity contribution in [1.29, 1.82) is 0 Å². The van der Waals surface area contributed by atoms with E-state index in [-0.39, 0.29) is 11.4 Å². The highest BCUT2D eigenvalue weighted by molar-refractivity contribution is 7.89. The van der Waals surface area contributed by atoms with Crippen molar-refractivity contribution in [3.8, 4) is 11.5 Å². The summed E-state index contributed by atoms with van der Waals surface area (Å²) in [6, 6.07) is 11.3. The van der Waals surface area contributed by atoms with Gasteiger partial charge in [0, 0.05) is 25.7 Å². The van der Waals surface area contributed by atoms with E-state index in [2.05, 4.69) is 10.6 Å². The topological polar surface area (TPSA) is 123 Å². The van der Waals surface area contributed by atoms with Gasteiger partial charge in [-0.05, 0) is 36.2 Å². The zero-order chi connectivity index (χ0) is 23.8. The smallest absolute Gasteiger partial charge is 0.313 e. The fraction of sp³-hybridized carbons (Fsp3) is 0.364. The molecule has 0 saturated carbocycles. The number of amides is 2. The molecule has 2 amide bonds. The third-order valence-electron chi connectivity index (χ3n) is 5.09. The molecule has 0 atom stereocenters. The molecule has 33 heavy (non-hydrogen) atoms. The van der Waals surface area contributed by atoms with Crippen molar-refractivity contribution in [2.45, 2.75) is 11.3 Å². The van der Waals surface area contributed by atoms with Gasteiger partial charge >= 0.3 is 11.8 Å². The minimum atomic E-state index is -3.55. The summed E-state index contributed by atoms with van der Waals surface area (Å²) in [4.78, 5) is 24.5. The Morgan fingerprint density at radius 2 is 1.70 bits per heavy atom. The molecule has 0 bridgehead atoms. The molecule has 0 aliphatic carbocycles. The molecule has 0 radical (unpaired) electrons. The fourth-order valence-electron chi connectivity index (χ4n) is 3.25. The van der Waals surface area contributed by atoms with Gasteiger partial charge in [0.05, 0.1) is 38.0 Å². The fourth-order valence-corrected chi connectivity index (χ4v) is 4.65. The number of nitrogens with zero attached hydrogens (tertiary/aromatic N) is 1. The zero-order valence-electron chi connectivity index (χ0n) is 18.5. The largest absolute Gasteiger partial charge is 0.497 e. The molecule has 0 spiro atoms. The lowest BCUT2D eigenvalue weighted by Crippen LogP contribution is -2.40. The van der Waals surface area contributed by atoms with Crippen molar-refractivity contribution >= 4 is 27.5 Å². The second-order valence-corrected chi connectivity index (χ2v) is 9.12. The number of hydrogen-bond acceptors (Lipinski definition) is 7. The van der Waals surface area contributed by atoms with E-state index in [9.17, 15) is 18.0 Å². The van der Waals surface area contributed by atoms with E-state index in [0.29, 0.717) is 49.9 Å². The van der Waals surface area contributed by atoms with Crippen molar-refractivity contribution in [2.75, 3.05) is 52.4 Å². The predicted octanol–water partition coefficient (Wildman–Crippen LogP) is 1.02. The van der Waals surface area contributed by atoms with E-state index in [1.165, 1.54) is 18.5 Å². The summed E-state index contributed by atoms with van der Waals surface area (Å²) in [5.41, 5.74) is 1.17. The lowest BCUT2D eigenvalue weighted by atomic mass is 10.1. The summed E-state index contributed by atoms with van der Waals surface area (Å²) < 4.78 is 42.2. The Morgan fingerprint density at radius 1 is 1.00 bits per heavy atom. The monoisotopic (exact) mass is 477 g/mol. The molecule has 178 valence electrons. The van der Waals surface area contributed by atoms with Crippen LogP contribution < -0.4 is 20.1 Å². The van der Waals surface area contributed by atoms with Gasteiger partial charge in [-0.2, -0.15) is 4.31 Å². The Morgan fingerprint density at radius 3 is 2.33 bits per heavy atom. The first-order chi connectivity index (χ1) is 15.8. The molecular weight excluding hydrogens is 450 g/mol. The Labute approximate surface area is 192 Å². The van der Waals surface area contributed by atoms with Crippen molar-refractivity contribution in [2.24, 2.45) is 0 Å². The molecule has 0 unspecified atom stereocenters. The maximum Gasteiger partial charge on any atom is 0.313 e. The van der Waals surface area contributed by atoms with Gasteiger partial charge in [0.1, 0.15) is 11.5 Å². The SMILES string of the molecule is COc1ccc(NC(=O)C(=O)NCCc2ccc(S(=O)(=O)N3CCOCC3)cc2)c(OC)c1. The molecule has 1 aliphatic rings. The Hall–Kier alpha value is -3.15. The first-order valence-corrected chi connectivity index (χ1v) is 11.8. The number of methoxy groups -OCH3 is 2. The molecule has 2 aromatic carbocycles. The number of anilines is 1. The lowest BCUT2D eigenvalue weighted by Gasteiger charge is -2.26. The van der Waals surface area contributed by atoms with Crippen LogP contribution in [0.1, 0.15) is 5.56 Å². The van der Waals surface area contributed by atoms with Crippen molar-refractivity contribution in [3.63, 3.8) is 0 Å². The second-order valence-electron chi connectivity index (χ2n) is 7.19. The van der Waals surface area contributed by atoms with E-state index in [1.807, 2.05) is 0 Å². The molecular formula is C22H27N3O7S. The van der Waals surface area contributed by atoms with E-state index in [0.717, 1.165) is 5.56 Å². The number of benzene rings is 2. The Kier molecular flexibility index (Phi) is 8.26. The number of rotatable bonds is 8. The Balaban J connectivity index is 1.50. The molecule has 0 aromatic heterocycles. The van der Waals surface area contributed by atoms with Crippen molar-refractivity contribution in [3.05, 3.63) is 48.0 Å². The number of carbonyl (C=O) groups excluding carboxylic acids is 2. The summed E-state index contributed by atoms with van der Waals surface area (Å²) in [6.07, 6.45) is 0.433. The van der Waals surface area contributed by atoms with Gasteiger partial charge in [-0.15, -0.1) is 0 Å². The average Bonchev–Trinajstić information content (AvgIpc) is 2.85. The molecule has 2 N–H and O–H groups in total. The maximum absolute atomic E-state index is 12.7. The lowest BCUT2D eigenvalue weighted by molar-refractivity contribution is -0.136. The number of nitrogens with one attached hydrogen (secondary N) is 2.